The lowest BCUT2D eigenvalue weighted by Gasteiger charge is -2.20. The van der Waals surface area contributed by atoms with Gasteiger partial charge in [-0.3, -0.25) is 0 Å². The molecule has 0 aliphatic rings. The third-order valence-corrected chi connectivity index (χ3v) is 3.66. The lowest BCUT2D eigenvalue weighted by atomic mass is 10.1. The van der Waals surface area contributed by atoms with E-state index in [1.54, 1.807) is 0 Å². The Morgan fingerprint density at radius 3 is 2.00 bits per heavy atom. The molecule has 0 aromatic heterocycles. The Labute approximate surface area is 164 Å². The van der Waals surface area contributed by atoms with Crippen LogP contribution in [0.4, 0.5) is 0 Å². The van der Waals surface area contributed by atoms with E-state index in [9.17, 15) is 14.4 Å². The summed E-state index contributed by atoms with van der Waals surface area (Å²) in [6.45, 7) is 2.90. The van der Waals surface area contributed by atoms with Crippen molar-refractivity contribution in [3.05, 3.63) is 71.5 Å². The van der Waals surface area contributed by atoms with Gasteiger partial charge in [0, 0.05) is 19.3 Å². The molecule has 0 amide bonds. The number of ether oxygens (including phenoxy) is 3. The number of carbonyl (C=O) groups is 3. The summed E-state index contributed by atoms with van der Waals surface area (Å²) in [4.78, 5) is 37.9. The maximum atomic E-state index is 12.2. The van der Waals surface area contributed by atoms with Crippen LogP contribution in [0.15, 0.2) is 65.9 Å². The maximum Gasteiger partial charge on any atom is 0.345 e. The molecule has 0 aliphatic carbocycles. The van der Waals surface area contributed by atoms with Crippen LogP contribution >= 0.6 is 0 Å². The summed E-state index contributed by atoms with van der Waals surface area (Å²) in [6.07, 6.45) is 6.44. The molecule has 0 bridgehead atoms. The highest BCUT2D eigenvalue weighted by Crippen LogP contribution is 2.13. The summed E-state index contributed by atoms with van der Waals surface area (Å²) in [5.41, 5.74) is 0.624. The molecule has 0 aliphatic heterocycles. The Morgan fingerprint density at radius 2 is 1.50 bits per heavy atom. The van der Waals surface area contributed by atoms with Crippen LogP contribution in [-0.2, 0) is 35.1 Å². The van der Waals surface area contributed by atoms with E-state index in [0.717, 1.165) is 25.9 Å². The standard InChI is InChI=1S/C21H25NO6/c1-5-6-12-22(14-16-10-8-7-9-11-16)15-17(19(23)26-2)13-18(20(24)27-3)21(25)28-4/h5-11,13,15H,12,14H2,1-4H3/b6-5+,17-15-. The van der Waals surface area contributed by atoms with Gasteiger partial charge in [-0.2, -0.15) is 0 Å². The predicted molar refractivity (Wildman–Crippen MR) is 104 cm³/mol. The quantitative estimate of drug-likeness (QED) is 0.122. The van der Waals surface area contributed by atoms with E-state index in [4.69, 9.17) is 4.74 Å². The van der Waals surface area contributed by atoms with E-state index >= 15 is 0 Å². The molecule has 0 saturated carbocycles. The first kappa shape index (κ1) is 22.7. The first-order valence-corrected chi connectivity index (χ1v) is 8.54. The monoisotopic (exact) mass is 387 g/mol. The number of benzene rings is 1. The molecule has 0 spiro atoms. The van der Waals surface area contributed by atoms with Gasteiger partial charge >= 0.3 is 17.9 Å². The highest BCUT2D eigenvalue weighted by atomic mass is 16.5. The number of rotatable bonds is 9. The summed E-state index contributed by atoms with van der Waals surface area (Å²) in [5, 5.41) is 0. The first-order chi connectivity index (χ1) is 13.5. The lowest BCUT2D eigenvalue weighted by molar-refractivity contribution is -0.144. The second-order valence-corrected chi connectivity index (χ2v) is 5.60. The first-order valence-electron chi connectivity index (χ1n) is 8.54. The van der Waals surface area contributed by atoms with Crippen LogP contribution in [0.25, 0.3) is 0 Å². The Morgan fingerprint density at radius 1 is 0.929 bits per heavy atom. The summed E-state index contributed by atoms with van der Waals surface area (Å²) in [5.74, 6) is -2.53. The molecule has 1 aromatic rings. The van der Waals surface area contributed by atoms with Gasteiger partial charge in [-0.15, -0.1) is 0 Å². The highest BCUT2D eigenvalue weighted by Gasteiger charge is 2.22. The van der Waals surface area contributed by atoms with Gasteiger partial charge < -0.3 is 19.1 Å². The van der Waals surface area contributed by atoms with Gasteiger partial charge in [-0.05, 0) is 18.6 Å². The summed E-state index contributed by atoms with van der Waals surface area (Å²) in [7, 11) is 3.48. The Balaban J connectivity index is 3.36. The number of carbonyl (C=O) groups excluding carboxylic acids is 3. The van der Waals surface area contributed by atoms with Gasteiger partial charge in [0.05, 0.1) is 26.9 Å². The minimum Gasteiger partial charge on any atom is -0.465 e. The third kappa shape index (κ3) is 7.11. The molecule has 7 nitrogen and oxygen atoms in total. The molecular formula is C21H25NO6. The zero-order chi connectivity index (χ0) is 20.9. The van der Waals surface area contributed by atoms with Gasteiger partial charge in [-0.25, -0.2) is 14.4 Å². The average Bonchev–Trinajstić information content (AvgIpc) is 2.73. The van der Waals surface area contributed by atoms with Crippen LogP contribution in [0.1, 0.15) is 12.5 Å². The smallest absolute Gasteiger partial charge is 0.345 e. The molecule has 0 fully saturated rings. The number of methoxy groups -OCH3 is 3. The fourth-order valence-electron chi connectivity index (χ4n) is 2.26. The van der Waals surface area contributed by atoms with Crippen molar-refractivity contribution in [2.75, 3.05) is 27.9 Å². The van der Waals surface area contributed by atoms with Crippen molar-refractivity contribution in [3.8, 4) is 0 Å². The molecular weight excluding hydrogens is 362 g/mol. The topological polar surface area (TPSA) is 82.1 Å². The number of esters is 3. The minimum absolute atomic E-state index is 0.00809. The van der Waals surface area contributed by atoms with Gasteiger partial charge in [0.2, 0.25) is 0 Å². The van der Waals surface area contributed by atoms with Crippen LogP contribution in [0.2, 0.25) is 0 Å². The number of hydrogen-bond donors (Lipinski definition) is 0. The number of hydrogen-bond acceptors (Lipinski definition) is 7. The number of nitrogens with zero attached hydrogens (tertiary/aromatic N) is 1. The molecule has 0 atom stereocenters. The van der Waals surface area contributed by atoms with Crippen molar-refractivity contribution >= 4 is 17.9 Å². The van der Waals surface area contributed by atoms with Crippen molar-refractivity contribution in [1.82, 2.24) is 4.90 Å². The van der Waals surface area contributed by atoms with Crippen molar-refractivity contribution in [3.63, 3.8) is 0 Å². The average molecular weight is 387 g/mol. The van der Waals surface area contributed by atoms with E-state index in [-0.39, 0.29) is 5.57 Å². The predicted octanol–water partition coefficient (Wildman–Crippen LogP) is 2.39. The van der Waals surface area contributed by atoms with Gasteiger partial charge in [0.1, 0.15) is 5.57 Å². The van der Waals surface area contributed by atoms with Gasteiger partial charge in [0.25, 0.3) is 0 Å². The van der Waals surface area contributed by atoms with Crippen LogP contribution in [0.5, 0.6) is 0 Å². The summed E-state index contributed by atoms with van der Waals surface area (Å²) >= 11 is 0. The van der Waals surface area contributed by atoms with Crippen LogP contribution in [0, 0.1) is 0 Å². The van der Waals surface area contributed by atoms with Crippen molar-refractivity contribution in [2.45, 2.75) is 13.5 Å². The van der Waals surface area contributed by atoms with E-state index < -0.39 is 23.5 Å². The third-order valence-electron chi connectivity index (χ3n) is 3.66. The highest BCUT2D eigenvalue weighted by molar-refractivity contribution is 6.15. The molecule has 1 rings (SSSR count). The number of allylic oxidation sites excluding steroid dienone is 1. The van der Waals surface area contributed by atoms with Crippen molar-refractivity contribution in [2.24, 2.45) is 0 Å². The van der Waals surface area contributed by atoms with Crippen LogP contribution < -0.4 is 0 Å². The largest absolute Gasteiger partial charge is 0.465 e. The van der Waals surface area contributed by atoms with Crippen molar-refractivity contribution in [1.29, 1.82) is 0 Å². The second kappa shape index (κ2) is 12.1. The lowest BCUT2D eigenvalue weighted by Crippen LogP contribution is -2.21. The fraction of sp³-hybridized carbons (Fsp3) is 0.286. The molecule has 0 unspecified atom stereocenters. The van der Waals surface area contributed by atoms with Gasteiger partial charge in [-0.1, -0.05) is 42.5 Å². The Kier molecular flexibility index (Phi) is 9.82. The van der Waals surface area contributed by atoms with Crippen LogP contribution in [0.3, 0.4) is 0 Å². The van der Waals surface area contributed by atoms with E-state index in [0.29, 0.717) is 13.1 Å². The normalized spacial score (nSPS) is 10.9. The Bertz CT molecular complexity index is 746. The maximum absolute atomic E-state index is 12.2. The molecule has 1 aromatic carbocycles. The zero-order valence-corrected chi connectivity index (χ0v) is 16.5. The van der Waals surface area contributed by atoms with Crippen molar-refractivity contribution < 1.29 is 28.6 Å². The van der Waals surface area contributed by atoms with E-state index in [1.165, 1.54) is 13.3 Å². The molecule has 0 saturated heterocycles. The summed E-state index contributed by atoms with van der Waals surface area (Å²) in [6, 6.07) is 9.66. The molecule has 150 valence electrons. The molecule has 0 radical (unpaired) electrons. The van der Waals surface area contributed by atoms with Crippen LogP contribution in [-0.4, -0.2) is 50.7 Å². The summed E-state index contributed by atoms with van der Waals surface area (Å²) < 4.78 is 14.0. The SMILES string of the molecule is C/C=C/CN(/C=C(/C=C(C(=O)OC)C(=O)OC)C(=O)OC)Cc1ccccc1. The molecule has 28 heavy (non-hydrogen) atoms. The van der Waals surface area contributed by atoms with E-state index in [1.807, 2.05) is 54.3 Å². The second-order valence-electron chi connectivity index (χ2n) is 5.60. The minimum atomic E-state index is -0.912. The zero-order valence-electron chi connectivity index (χ0n) is 16.5. The fourth-order valence-corrected chi connectivity index (χ4v) is 2.26. The molecule has 0 heterocycles. The van der Waals surface area contributed by atoms with Gasteiger partial charge in [0.15, 0.2) is 0 Å². The Hall–Kier alpha value is -3.35. The molecule has 0 N–H and O–H groups in total. The van der Waals surface area contributed by atoms with E-state index in [2.05, 4.69) is 9.47 Å². The molecule has 7 heteroatoms.